The van der Waals surface area contributed by atoms with E-state index in [1.807, 2.05) is 20.8 Å². The fourth-order valence-electron chi connectivity index (χ4n) is 2.46. The summed E-state index contributed by atoms with van der Waals surface area (Å²) in [5, 5.41) is 1.79. The van der Waals surface area contributed by atoms with Gasteiger partial charge in [-0.3, -0.25) is 0 Å². The van der Waals surface area contributed by atoms with Crippen molar-refractivity contribution in [3.63, 3.8) is 0 Å². The van der Waals surface area contributed by atoms with Gasteiger partial charge in [-0.1, -0.05) is 32.9 Å². The van der Waals surface area contributed by atoms with Crippen LogP contribution in [0.25, 0.3) is 0 Å². The molecule has 1 aromatic carbocycles. The smallest absolute Gasteiger partial charge is 0.330 e. The lowest BCUT2D eigenvalue weighted by molar-refractivity contribution is -0.201. The number of piperazine rings is 1. The molecule has 1 saturated heterocycles. The lowest BCUT2D eigenvalue weighted by Crippen LogP contribution is -2.48. The molecule has 4 heteroatoms. The molecule has 0 aliphatic carbocycles. The normalized spacial score (nSPS) is 17.2. The lowest BCUT2D eigenvalue weighted by atomic mass is 9.87. The van der Waals surface area contributed by atoms with Crippen molar-refractivity contribution in [2.75, 3.05) is 31.1 Å². The van der Waals surface area contributed by atoms with Crippen LogP contribution in [-0.4, -0.2) is 37.2 Å². The summed E-state index contributed by atoms with van der Waals surface area (Å²) >= 11 is 0. The van der Waals surface area contributed by atoms with Crippen molar-refractivity contribution in [3.8, 4) is 0 Å². The molecular weight excluding hydrogens is 288 g/mol. The van der Waals surface area contributed by atoms with Gasteiger partial charge in [-0.05, 0) is 43.9 Å². The predicted molar refractivity (Wildman–Crippen MR) is 94.5 cm³/mol. The minimum Gasteiger partial charge on any atom is -0.369 e. The number of hydrogen-bond donors (Lipinski definition) is 0. The van der Waals surface area contributed by atoms with Crippen molar-refractivity contribution in [1.82, 2.24) is 5.06 Å². The highest BCUT2D eigenvalue weighted by Gasteiger charge is 2.28. The van der Waals surface area contributed by atoms with Crippen LogP contribution >= 0.6 is 0 Å². The molecule has 0 unspecified atom stereocenters. The van der Waals surface area contributed by atoms with Gasteiger partial charge in [0.2, 0.25) is 0 Å². The van der Waals surface area contributed by atoms with E-state index in [4.69, 9.17) is 4.84 Å². The molecule has 4 nitrogen and oxygen atoms in total. The van der Waals surface area contributed by atoms with E-state index < -0.39 is 5.41 Å². The Morgan fingerprint density at radius 1 is 0.913 bits per heavy atom. The zero-order valence-electron chi connectivity index (χ0n) is 15.3. The first-order chi connectivity index (χ1) is 10.6. The third kappa shape index (κ3) is 4.71. The average molecular weight is 318 g/mol. The van der Waals surface area contributed by atoms with E-state index in [-0.39, 0.29) is 11.4 Å². The van der Waals surface area contributed by atoms with Crippen LogP contribution in [0.1, 0.15) is 47.1 Å². The molecule has 0 bridgehead atoms. The highest BCUT2D eigenvalue weighted by atomic mass is 16.7. The summed E-state index contributed by atoms with van der Waals surface area (Å²) in [4.78, 5) is 19.8. The van der Waals surface area contributed by atoms with Gasteiger partial charge in [-0.15, -0.1) is 5.06 Å². The van der Waals surface area contributed by atoms with Gasteiger partial charge in [-0.25, -0.2) is 4.79 Å². The summed E-state index contributed by atoms with van der Waals surface area (Å²) in [6.07, 6.45) is 0. The first-order valence-corrected chi connectivity index (χ1v) is 8.40. The Hall–Kier alpha value is -1.55. The minimum absolute atomic E-state index is 0.166. The fourth-order valence-corrected chi connectivity index (χ4v) is 2.46. The highest BCUT2D eigenvalue weighted by molar-refractivity contribution is 5.75. The third-order valence-electron chi connectivity index (χ3n) is 4.16. The van der Waals surface area contributed by atoms with Crippen molar-refractivity contribution in [2.24, 2.45) is 5.41 Å². The van der Waals surface area contributed by atoms with Crippen LogP contribution < -0.4 is 4.90 Å². The second-order valence-electron chi connectivity index (χ2n) is 8.34. The zero-order chi connectivity index (χ0) is 17.3. The minimum atomic E-state index is -0.458. The van der Waals surface area contributed by atoms with Crippen LogP contribution in [-0.2, 0) is 15.0 Å². The molecule has 0 N–H and O–H groups in total. The molecular formula is C19H30N2O2. The first kappa shape index (κ1) is 17.8. The van der Waals surface area contributed by atoms with Gasteiger partial charge in [0.1, 0.15) is 0 Å². The van der Waals surface area contributed by atoms with Crippen LogP contribution in [0.5, 0.6) is 0 Å². The maximum absolute atomic E-state index is 11.9. The number of hydrogen-bond acceptors (Lipinski definition) is 4. The predicted octanol–water partition coefficient (Wildman–Crippen LogP) is 3.61. The maximum atomic E-state index is 11.9. The monoisotopic (exact) mass is 318 g/mol. The number of carbonyl (C=O) groups excluding carboxylic acids is 1. The number of nitrogens with zero attached hydrogens (tertiary/aromatic N) is 2. The van der Waals surface area contributed by atoms with Crippen LogP contribution in [0.15, 0.2) is 24.3 Å². The third-order valence-corrected chi connectivity index (χ3v) is 4.16. The van der Waals surface area contributed by atoms with E-state index in [9.17, 15) is 4.79 Å². The molecule has 1 aliphatic rings. The van der Waals surface area contributed by atoms with Gasteiger partial charge in [0.15, 0.2) is 0 Å². The van der Waals surface area contributed by atoms with E-state index in [0.29, 0.717) is 0 Å². The molecule has 0 amide bonds. The van der Waals surface area contributed by atoms with Crippen LogP contribution in [0.3, 0.4) is 0 Å². The largest absolute Gasteiger partial charge is 0.369 e. The SMILES string of the molecule is CC(C)(C)C(=O)ON1CCN(c2ccc(C(C)(C)C)cc2)CC1. The number of anilines is 1. The van der Waals surface area contributed by atoms with E-state index >= 15 is 0 Å². The van der Waals surface area contributed by atoms with E-state index in [1.54, 1.807) is 5.06 Å². The van der Waals surface area contributed by atoms with E-state index in [0.717, 1.165) is 26.2 Å². The molecule has 1 aliphatic heterocycles. The summed E-state index contributed by atoms with van der Waals surface area (Å²) in [6, 6.07) is 8.80. The van der Waals surface area contributed by atoms with Gasteiger partial charge < -0.3 is 9.74 Å². The molecule has 1 fully saturated rings. The van der Waals surface area contributed by atoms with Crippen LogP contribution in [0, 0.1) is 5.41 Å². The van der Waals surface area contributed by atoms with Crippen molar-refractivity contribution < 1.29 is 9.63 Å². The Morgan fingerprint density at radius 2 is 1.43 bits per heavy atom. The number of benzene rings is 1. The molecule has 128 valence electrons. The Kier molecular flexibility index (Phi) is 5.04. The van der Waals surface area contributed by atoms with Crippen LogP contribution in [0.4, 0.5) is 5.69 Å². The van der Waals surface area contributed by atoms with Crippen molar-refractivity contribution in [3.05, 3.63) is 29.8 Å². The molecule has 0 saturated carbocycles. The van der Waals surface area contributed by atoms with E-state index in [1.165, 1.54) is 11.3 Å². The van der Waals surface area contributed by atoms with Crippen molar-refractivity contribution in [2.45, 2.75) is 47.0 Å². The molecule has 1 heterocycles. The summed E-state index contributed by atoms with van der Waals surface area (Å²) in [7, 11) is 0. The van der Waals surface area contributed by atoms with Crippen LogP contribution in [0.2, 0.25) is 0 Å². The second-order valence-corrected chi connectivity index (χ2v) is 8.34. The van der Waals surface area contributed by atoms with Gasteiger partial charge >= 0.3 is 5.97 Å². The van der Waals surface area contributed by atoms with Gasteiger partial charge in [0.25, 0.3) is 0 Å². The van der Waals surface area contributed by atoms with Gasteiger partial charge in [-0.2, -0.15) is 0 Å². The molecule has 1 aromatic rings. The summed E-state index contributed by atoms with van der Waals surface area (Å²) in [5.74, 6) is -0.166. The van der Waals surface area contributed by atoms with Crippen molar-refractivity contribution >= 4 is 11.7 Å². The molecule has 0 aromatic heterocycles. The molecule has 0 spiro atoms. The number of rotatable bonds is 2. The van der Waals surface area contributed by atoms with E-state index in [2.05, 4.69) is 49.9 Å². The standard InChI is InChI=1S/C19H30N2O2/c1-18(2,3)15-7-9-16(10-8-15)20-11-13-21(14-12-20)23-17(22)19(4,5)6/h7-10H,11-14H2,1-6H3. The Labute approximate surface area is 140 Å². The Bertz CT molecular complexity index is 530. The van der Waals surface area contributed by atoms with Crippen molar-refractivity contribution in [1.29, 1.82) is 0 Å². The molecule has 0 atom stereocenters. The first-order valence-electron chi connectivity index (χ1n) is 8.40. The molecule has 2 rings (SSSR count). The highest BCUT2D eigenvalue weighted by Crippen LogP contribution is 2.25. The Balaban J connectivity index is 1.91. The fraction of sp³-hybridized carbons (Fsp3) is 0.632. The number of carbonyl (C=O) groups is 1. The number of hydroxylamine groups is 2. The summed E-state index contributed by atoms with van der Waals surface area (Å²) < 4.78 is 0. The quantitative estimate of drug-likeness (QED) is 0.834. The molecule has 23 heavy (non-hydrogen) atoms. The second kappa shape index (κ2) is 6.52. The maximum Gasteiger partial charge on any atom is 0.330 e. The lowest BCUT2D eigenvalue weighted by Gasteiger charge is -2.36. The van der Waals surface area contributed by atoms with Gasteiger partial charge in [0, 0.05) is 18.8 Å². The Morgan fingerprint density at radius 3 is 1.87 bits per heavy atom. The summed E-state index contributed by atoms with van der Waals surface area (Å²) in [6.45, 7) is 15.5. The average Bonchev–Trinajstić information content (AvgIpc) is 2.46. The van der Waals surface area contributed by atoms with Gasteiger partial charge in [0.05, 0.1) is 18.5 Å². The topological polar surface area (TPSA) is 32.8 Å². The molecule has 0 radical (unpaired) electrons. The summed E-state index contributed by atoms with van der Waals surface area (Å²) in [5.41, 5.74) is 2.30. The zero-order valence-corrected chi connectivity index (χ0v) is 15.3.